The lowest BCUT2D eigenvalue weighted by Gasteiger charge is -2.22. The van der Waals surface area contributed by atoms with E-state index in [1.165, 1.54) is 0 Å². The monoisotopic (exact) mass is 221 g/mol. The molecule has 1 aromatic rings. The molecule has 3 heteroatoms. The Bertz CT molecular complexity index is 413. The van der Waals surface area contributed by atoms with Crippen LogP contribution in [0, 0.1) is 17.6 Å². The third-order valence-corrected chi connectivity index (χ3v) is 2.81. The van der Waals surface area contributed by atoms with Crippen molar-refractivity contribution in [3.05, 3.63) is 23.3 Å². The van der Waals surface area contributed by atoms with Crippen molar-refractivity contribution in [3.8, 4) is 11.2 Å². The zero-order valence-corrected chi connectivity index (χ0v) is 10.3. The van der Waals surface area contributed by atoms with Gasteiger partial charge in [0.1, 0.15) is 11.2 Å². The zero-order chi connectivity index (χ0) is 11.6. The third kappa shape index (κ3) is 2.66. The van der Waals surface area contributed by atoms with Crippen LogP contribution in [0.2, 0.25) is 0 Å². The first-order chi connectivity index (χ1) is 6.86. The summed E-state index contributed by atoms with van der Waals surface area (Å²) in [4.78, 5) is 0.641. The smallest absolute Gasteiger partial charge is 0.138 e. The molecule has 0 aromatic heterocycles. The maximum Gasteiger partial charge on any atom is 0.138 e. The number of thiocyanates is 1. The van der Waals surface area contributed by atoms with Gasteiger partial charge in [-0.1, -0.05) is 26.8 Å². The highest BCUT2D eigenvalue weighted by Gasteiger charge is 2.20. The van der Waals surface area contributed by atoms with Gasteiger partial charge in [-0.25, -0.2) is 0 Å². The molecule has 0 radical (unpaired) electrons. The number of aryl methyl sites for hydroxylation is 1. The number of nitrogens with zero attached hydrogens (tertiary/aromatic N) is 1. The fourth-order valence-electron chi connectivity index (χ4n) is 1.44. The summed E-state index contributed by atoms with van der Waals surface area (Å²) in [6.45, 7) is 8.10. The van der Waals surface area contributed by atoms with Crippen LogP contribution in [0.15, 0.2) is 17.0 Å². The van der Waals surface area contributed by atoms with Crippen LogP contribution in [0.1, 0.15) is 31.9 Å². The number of aromatic hydroxyl groups is 1. The first kappa shape index (κ1) is 11.9. The van der Waals surface area contributed by atoms with Gasteiger partial charge in [0.2, 0.25) is 0 Å². The molecule has 0 saturated heterocycles. The van der Waals surface area contributed by atoms with E-state index in [9.17, 15) is 5.11 Å². The van der Waals surface area contributed by atoms with Crippen LogP contribution >= 0.6 is 11.8 Å². The minimum atomic E-state index is -0.110. The highest BCUT2D eigenvalue weighted by Crippen LogP contribution is 2.38. The summed E-state index contributed by atoms with van der Waals surface area (Å²) in [5.41, 5.74) is 1.84. The van der Waals surface area contributed by atoms with Crippen molar-refractivity contribution >= 4 is 11.8 Å². The van der Waals surface area contributed by atoms with E-state index >= 15 is 0 Å². The number of thioether (sulfide) groups is 1. The Morgan fingerprint density at radius 2 is 1.93 bits per heavy atom. The fourth-order valence-corrected chi connectivity index (χ4v) is 1.99. The normalized spacial score (nSPS) is 11.1. The molecular formula is C12H15NOS. The maximum atomic E-state index is 10.0. The number of hydrogen-bond donors (Lipinski definition) is 1. The second kappa shape index (κ2) is 4.16. The van der Waals surface area contributed by atoms with E-state index in [1.54, 1.807) is 0 Å². The molecular weight excluding hydrogens is 206 g/mol. The Morgan fingerprint density at radius 1 is 1.33 bits per heavy atom. The van der Waals surface area contributed by atoms with Gasteiger partial charge in [-0.05, 0) is 35.7 Å². The first-order valence-electron chi connectivity index (χ1n) is 4.76. The molecule has 0 aliphatic carbocycles. The van der Waals surface area contributed by atoms with Gasteiger partial charge in [0.15, 0.2) is 0 Å². The lowest BCUT2D eigenvalue weighted by molar-refractivity contribution is 0.434. The van der Waals surface area contributed by atoms with E-state index in [0.717, 1.165) is 22.9 Å². The van der Waals surface area contributed by atoms with Crippen molar-refractivity contribution in [2.45, 2.75) is 38.0 Å². The summed E-state index contributed by atoms with van der Waals surface area (Å²) in [5, 5.41) is 20.6. The molecule has 0 unspecified atom stereocenters. The molecule has 0 spiro atoms. The number of hydrogen-bond acceptors (Lipinski definition) is 3. The van der Waals surface area contributed by atoms with Crippen LogP contribution in [0.4, 0.5) is 0 Å². The van der Waals surface area contributed by atoms with E-state index < -0.39 is 0 Å². The number of benzene rings is 1. The van der Waals surface area contributed by atoms with Gasteiger partial charge in [0, 0.05) is 5.56 Å². The summed E-state index contributed by atoms with van der Waals surface area (Å²) in [5.74, 6) is 0.236. The predicted molar refractivity (Wildman–Crippen MR) is 63.0 cm³/mol. The second-order valence-electron chi connectivity index (χ2n) is 4.60. The van der Waals surface area contributed by atoms with Crippen molar-refractivity contribution in [1.82, 2.24) is 0 Å². The van der Waals surface area contributed by atoms with Crippen molar-refractivity contribution in [2.75, 3.05) is 0 Å². The quantitative estimate of drug-likeness (QED) is 0.582. The van der Waals surface area contributed by atoms with Crippen molar-refractivity contribution in [1.29, 1.82) is 5.26 Å². The van der Waals surface area contributed by atoms with Crippen molar-refractivity contribution in [3.63, 3.8) is 0 Å². The van der Waals surface area contributed by atoms with E-state index in [4.69, 9.17) is 5.26 Å². The summed E-state index contributed by atoms with van der Waals surface area (Å²) >= 11 is 1.00. The second-order valence-corrected chi connectivity index (χ2v) is 5.43. The van der Waals surface area contributed by atoms with E-state index in [1.807, 2.05) is 45.2 Å². The minimum absolute atomic E-state index is 0.110. The van der Waals surface area contributed by atoms with E-state index in [-0.39, 0.29) is 11.2 Å². The topological polar surface area (TPSA) is 44.0 Å². The Morgan fingerprint density at radius 3 is 2.40 bits per heavy atom. The van der Waals surface area contributed by atoms with E-state index in [0.29, 0.717) is 4.90 Å². The average molecular weight is 221 g/mol. The molecule has 0 amide bonds. The highest BCUT2D eigenvalue weighted by molar-refractivity contribution is 8.03. The van der Waals surface area contributed by atoms with E-state index in [2.05, 4.69) is 0 Å². The predicted octanol–water partition coefficient (Wildman–Crippen LogP) is 3.57. The molecule has 0 saturated carbocycles. The van der Waals surface area contributed by atoms with Crippen LogP contribution in [0.5, 0.6) is 5.75 Å². The maximum absolute atomic E-state index is 10.0. The van der Waals surface area contributed by atoms with Crippen molar-refractivity contribution < 1.29 is 5.11 Å². The van der Waals surface area contributed by atoms with Gasteiger partial charge in [0.25, 0.3) is 0 Å². The standard InChI is InChI=1S/C12H15NOS/c1-8-5-9(12(2,3)4)11(14)10(6-8)15-7-13/h5-6,14H,1-4H3. The Kier molecular flexibility index (Phi) is 3.31. The first-order valence-corrected chi connectivity index (χ1v) is 5.58. The molecule has 0 atom stereocenters. The summed E-state index contributed by atoms with van der Waals surface area (Å²) in [7, 11) is 0. The molecule has 15 heavy (non-hydrogen) atoms. The number of phenols is 1. The minimum Gasteiger partial charge on any atom is -0.506 e. The van der Waals surface area contributed by atoms with Gasteiger partial charge in [0.05, 0.1) is 4.90 Å². The molecule has 80 valence electrons. The molecule has 1 rings (SSSR count). The summed E-state index contributed by atoms with van der Waals surface area (Å²) in [6.07, 6.45) is 0. The molecule has 0 bridgehead atoms. The molecule has 0 aliphatic rings. The zero-order valence-electron chi connectivity index (χ0n) is 9.46. The number of rotatable bonds is 1. The van der Waals surface area contributed by atoms with Crippen molar-refractivity contribution in [2.24, 2.45) is 0 Å². The summed E-state index contributed by atoms with van der Waals surface area (Å²) < 4.78 is 0. The van der Waals surface area contributed by atoms with Gasteiger partial charge in [-0.3, -0.25) is 0 Å². The van der Waals surface area contributed by atoms with Gasteiger partial charge < -0.3 is 5.11 Å². The SMILES string of the molecule is Cc1cc(SC#N)c(O)c(C(C)(C)C)c1. The molecule has 2 nitrogen and oxygen atoms in total. The Labute approximate surface area is 94.9 Å². The fraction of sp³-hybridized carbons (Fsp3) is 0.417. The largest absolute Gasteiger partial charge is 0.506 e. The lowest BCUT2D eigenvalue weighted by Crippen LogP contribution is -2.11. The van der Waals surface area contributed by atoms with Gasteiger partial charge in [-0.15, -0.1) is 0 Å². The molecule has 0 fully saturated rings. The Hall–Kier alpha value is -1.14. The van der Waals surface area contributed by atoms with Crippen LogP contribution in [0.25, 0.3) is 0 Å². The third-order valence-electron chi connectivity index (χ3n) is 2.18. The van der Waals surface area contributed by atoms with Crippen LogP contribution < -0.4 is 0 Å². The Balaban J connectivity index is 3.36. The van der Waals surface area contributed by atoms with Gasteiger partial charge in [-0.2, -0.15) is 5.26 Å². The molecule has 0 aliphatic heterocycles. The number of nitriles is 1. The molecule has 1 aromatic carbocycles. The van der Waals surface area contributed by atoms with Crippen LogP contribution in [-0.2, 0) is 5.41 Å². The van der Waals surface area contributed by atoms with Crippen LogP contribution in [-0.4, -0.2) is 5.11 Å². The summed E-state index contributed by atoms with van der Waals surface area (Å²) in [6, 6.07) is 3.80. The highest BCUT2D eigenvalue weighted by atomic mass is 32.2. The molecule has 0 heterocycles. The van der Waals surface area contributed by atoms with Gasteiger partial charge >= 0.3 is 0 Å². The number of phenolic OH excluding ortho intramolecular Hbond substituents is 1. The average Bonchev–Trinajstić information content (AvgIpc) is 2.09. The van der Waals surface area contributed by atoms with Crippen LogP contribution in [0.3, 0.4) is 0 Å². The lowest BCUT2D eigenvalue weighted by atomic mass is 9.85. The molecule has 1 N–H and O–H groups in total.